The van der Waals surface area contributed by atoms with E-state index in [4.69, 9.17) is 15.6 Å². The van der Waals surface area contributed by atoms with Gasteiger partial charge in [0.2, 0.25) is 5.91 Å². The maximum absolute atomic E-state index is 12.0. The zero-order valence-electron chi connectivity index (χ0n) is 28.1. The monoisotopic (exact) mass is 616 g/mol. The topological polar surface area (TPSA) is 119 Å². The highest BCUT2D eigenvalue weighted by atomic mass is 16.5. The Balaban J connectivity index is 0.000000344. The van der Waals surface area contributed by atoms with Gasteiger partial charge in [0, 0.05) is 6.54 Å². The fraction of sp³-hybridized carbons (Fsp3) is 0.757. The summed E-state index contributed by atoms with van der Waals surface area (Å²) in [5.74, 6) is -0.843. The Morgan fingerprint density at radius 1 is 0.841 bits per heavy atom. The molecule has 1 aromatic rings. The molecule has 1 saturated carbocycles. The van der Waals surface area contributed by atoms with Gasteiger partial charge in [-0.25, -0.2) is 0 Å². The van der Waals surface area contributed by atoms with Gasteiger partial charge in [-0.05, 0) is 75.1 Å². The van der Waals surface area contributed by atoms with E-state index in [0.717, 1.165) is 63.4 Å². The van der Waals surface area contributed by atoms with E-state index in [1.54, 1.807) is 0 Å². The quantitative estimate of drug-likeness (QED) is 0.106. The minimum atomic E-state index is -0.831. The number of aldehydes is 1. The Kier molecular flexibility index (Phi) is 24.3. The lowest BCUT2D eigenvalue weighted by Crippen LogP contribution is -2.40. The van der Waals surface area contributed by atoms with E-state index >= 15 is 0 Å². The van der Waals surface area contributed by atoms with Crippen LogP contribution in [0.5, 0.6) is 5.75 Å². The molecule has 2 atom stereocenters. The zero-order valence-corrected chi connectivity index (χ0v) is 28.1. The van der Waals surface area contributed by atoms with Gasteiger partial charge in [0.05, 0.1) is 11.8 Å². The molecule has 1 amide bonds. The van der Waals surface area contributed by atoms with E-state index in [0.29, 0.717) is 25.9 Å². The number of nitrogens with one attached hydrogen (secondary N) is 1. The number of benzene rings is 1. The first kappa shape index (κ1) is 39.6. The van der Waals surface area contributed by atoms with E-state index in [1.807, 2.05) is 12.1 Å². The number of fused-ring (bicyclic) bond motifs is 1. The molecule has 0 bridgehead atoms. The number of aryl methyl sites for hydroxylation is 1. The molecule has 0 radical (unpaired) electrons. The summed E-state index contributed by atoms with van der Waals surface area (Å²) >= 11 is 0. The van der Waals surface area contributed by atoms with Gasteiger partial charge < -0.3 is 20.9 Å². The number of nitrogens with two attached hydrogens (primary N) is 1. The van der Waals surface area contributed by atoms with Crippen molar-refractivity contribution in [3.8, 4) is 5.75 Å². The number of carbonyl (C=O) groups is 3. The molecule has 0 aliphatic heterocycles. The van der Waals surface area contributed by atoms with Gasteiger partial charge in [0.25, 0.3) is 0 Å². The maximum atomic E-state index is 12.0. The predicted octanol–water partition coefficient (Wildman–Crippen LogP) is 8.19. The molecule has 7 nitrogen and oxygen atoms in total. The molecular weight excluding hydrogens is 552 g/mol. The van der Waals surface area contributed by atoms with Gasteiger partial charge in [0.15, 0.2) is 6.29 Å². The molecule has 252 valence electrons. The number of rotatable bonds is 19. The van der Waals surface area contributed by atoms with E-state index in [2.05, 4.69) is 25.2 Å². The fourth-order valence-electron chi connectivity index (χ4n) is 6.10. The molecule has 0 heterocycles. The Morgan fingerprint density at radius 2 is 1.43 bits per heavy atom. The van der Waals surface area contributed by atoms with Crippen LogP contribution in [0.2, 0.25) is 0 Å². The highest BCUT2D eigenvalue weighted by Crippen LogP contribution is 2.31. The Bertz CT molecular complexity index is 883. The third-order valence-corrected chi connectivity index (χ3v) is 8.72. The maximum Gasteiger partial charge on any atom is 0.307 e. The van der Waals surface area contributed by atoms with Crippen molar-refractivity contribution in [1.82, 2.24) is 5.32 Å². The summed E-state index contributed by atoms with van der Waals surface area (Å²) in [5.41, 5.74) is 8.10. The smallest absolute Gasteiger partial charge is 0.307 e. The van der Waals surface area contributed by atoms with Crippen molar-refractivity contribution in [2.75, 3.05) is 19.7 Å². The van der Waals surface area contributed by atoms with Crippen LogP contribution in [-0.2, 0) is 27.2 Å². The molecule has 7 heteroatoms. The molecule has 4 N–H and O–H groups in total. The van der Waals surface area contributed by atoms with Crippen LogP contribution >= 0.6 is 0 Å². The standard InChI is InChI=1S/C14H26N2O3.C12H14O2.C11H24/c15-9-5-1-2-6-10-16-13(17)11-7-3-4-8-12(11)14(18)19;13-8-9-14-12-7-3-5-10-4-1-2-6-11(10)12;1-3-5-7-9-11-10-8-6-4-2/h11-12H,1-10,15H2,(H,16,17)(H,18,19);3,5,7-8H,1-2,4,6,9H2;3-11H2,1-2H3. The number of ether oxygens (including phenoxy) is 1. The first-order valence-electron chi connectivity index (χ1n) is 17.9. The van der Waals surface area contributed by atoms with Crippen molar-refractivity contribution in [1.29, 1.82) is 0 Å². The van der Waals surface area contributed by atoms with Crippen molar-refractivity contribution < 1.29 is 24.2 Å². The first-order chi connectivity index (χ1) is 21.5. The summed E-state index contributed by atoms with van der Waals surface area (Å²) < 4.78 is 5.39. The van der Waals surface area contributed by atoms with Gasteiger partial charge in [0.1, 0.15) is 12.4 Å². The lowest BCUT2D eigenvalue weighted by atomic mass is 9.78. The molecule has 0 spiro atoms. The molecule has 0 aromatic heterocycles. The number of carboxylic acid groups (broad SMARTS) is 1. The molecule has 3 rings (SSSR count). The highest BCUT2D eigenvalue weighted by molar-refractivity contribution is 5.84. The average molecular weight is 617 g/mol. The molecular formula is C37H64N2O5. The average Bonchev–Trinajstić information content (AvgIpc) is 3.05. The van der Waals surface area contributed by atoms with Crippen molar-refractivity contribution in [3.63, 3.8) is 0 Å². The Morgan fingerprint density at radius 3 is 2.05 bits per heavy atom. The van der Waals surface area contributed by atoms with Crippen LogP contribution < -0.4 is 15.8 Å². The Hall–Kier alpha value is -2.41. The molecule has 44 heavy (non-hydrogen) atoms. The number of carbonyl (C=O) groups excluding carboxylic acids is 2. The van der Waals surface area contributed by atoms with Crippen LogP contribution in [0.1, 0.15) is 147 Å². The Labute approximate surface area is 268 Å². The van der Waals surface area contributed by atoms with Crippen LogP contribution in [0.4, 0.5) is 0 Å². The second-order valence-corrected chi connectivity index (χ2v) is 12.4. The molecule has 2 aliphatic carbocycles. The van der Waals surface area contributed by atoms with Crippen LogP contribution in [0, 0.1) is 11.8 Å². The largest absolute Gasteiger partial charge is 0.486 e. The van der Waals surface area contributed by atoms with Gasteiger partial charge in [-0.1, -0.05) is 109 Å². The van der Waals surface area contributed by atoms with Crippen molar-refractivity contribution >= 4 is 18.2 Å². The van der Waals surface area contributed by atoms with Crippen molar-refractivity contribution in [2.45, 2.75) is 149 Å². The first-order valence-corrected chi connectivity index (χ1v) is 17.9. The number of amides is 1. The van der Waals surface area contributed by atoms with Crippen LogP contribution in [-0.4, -0.2) is 43.0 Å². The number of carboxylic acids is 1. The van der Waals surface area contributed by atoms with Crippen LogP contribution in [0.15, 0.2) is 18.2 Å². The summed E-state index contributed by atoms with van der Waals surface area (Å²) in [5, 5.41) is 12.0. The lowest BCUT2D eigenvalue weighted by molar-refractivity contribution is -0.148. The van der Waals surface area contributed by atoms with Crippen molar-refractivity contribution in [2.24, 2.45) is 17.6 Å². The minimum Gasteiger partial charge on any atom is -0.486 e. The summed E-state index contributed by atoms with van der Waals surface area (Å²) in [4.78, 5) is 33.4. The zero-order chi connectivity index (χ0) is 32.3. The fourth-order valence-corrected chi connectivity index (χ4v) is 6.10. The molecule has 2 aliphatic rings. The molecule has 1 fully saturated rings. The highest BCUT2D eigenvalue weighted by Gasteiger charge is 2.35. The summed E-state index contributed by atoms with van der Waals surface area (Å²) in [6.07, 6.45) is 25.8. The second-order valence-electron chi connectivity index (χ2n) is 12.4. The van der Waals surface area contributed by atoms with Crippen LogP contribution in [0.3, 0.4) is 0 Å². The molecule has 1 aromatic carbocycles. The normalized spacial score (nSPS) is 17.2. The predicted molar refractivity (Wildman–Crippen MR) is 181 cm³/mol. The number of hydrogen-bond acceptors (Lipinski definition) is 5. The SMILES string of the molecule is CCCCCCCCCCC.NCCCCCCNC(=O)C1CCCCC1C(=O)O.O=CCOc1cccc2c1CCCC2. The van der Waals surface area contributed by atoms with E-state index in [9.17, 15) is 14.4 Å². The van der Waals surface area contributed by atoms with Gasteiger partial charge >= 0.3 is 5.97 Å². The number of unbranched alkanes of at least 4 members (excludes halogenated alkanes) is 11. The van der Waals surface area contributed by atoms with Gasteiger partial charge in [-0.3, -0.25) is 14.4 Å². The van der Waals surface area contributed by atoms with Gasteiger partial charge in [-0.2, -0.15) is 0 Å². The van der Waals surface area contributed by atoms with E-state index in [-0.39, 0.29) is 18.4 Å². The molecule has 2 unspecified atom stereocenters. The number of aliphatic carboxylic acids is 1. The van der Waals surface area contributed by atoms with Gasteiger partial charge in [-0.15, -0.1) is 0 Å². The summed E-state index contributed by atoms with van der Waals surface area (Å²) in [7, 11) is 0. The second kappa shape index (κ2) is 26.9. The summed E-state index contributed by atoms with van der Waals surface area (Å²) in [6, 6.07) is 6.11. The van der Waals surface area contributed by atoms with Crippen LogP contribution in [0.25, 0.3) is 0 Å². The van der Waals surface area contributed by atoms with E-state index in [1.165, 1.54) is 81.8 Å². The summed E-state index contributed by atoms with van der Waals surface area (Å²) in [6.45, 7) is 6.07. The van der Waals surface area contributed by atoms with E-state index < -0.39 is 11.9 Å². The minimum absolute atomic E-state index is 0.0778. The molecule has 0 saturated heterocycles. The third kappa shape index (κ3) is 17.8. The number of hydrogen-bond donors (Lipinski definition) is 3. The van der Waals surface area contributed by atoms with Crippen molar-refractivity contribution in [3.05, 3.63) is 29.3 Å². The third-order valence-electron chi connectivity index (χ3n) is 8.72. The lowest BCUT2D eigenvalue weighted by Gasteiger charge is -2.27.